The average Bonchev–Trinajstić information content (AvgIpc) is 3.22. The predicted molar refractivity (Wildman–Crippen MR) is 80.2 cm³/mol. The van der Waals surface area contributed by atoms with Crippen LogP contribution in [0.1, 0.15) is 28.1 Å². The number of carbonyl (C=O) groups is 1. The molecular formula is C14H13N5O2S. The third-order valence-corrected chi connectivity index (χ3v) is 3.72. The van der Waals surface area contributed by atoms with Gasteiger partial charge in [0.05, 0.1) is 0 Å². The Hall–Kier alpha value is -2.61. The molecule has 1 N–H and O–H groups in total. The quantitative estimate of drug-likeness (QED) is 0.774. The largest absolute Gasteiger partial charge is 0.346 e. The van der Waals surface area contributed by atoms with Crippen LogP contribution in [0, 0.1) is 0 Å². The van der Waals surface area contributed by atoms with Gasteiger partial charge >= 0.3 is 0 Å². The second-order valence-electron chi connectivity index (χ2n) is 4.45. The summed E-state index contributed by atoms with van der Waals surface area (Å²) in [6, 6.07) is 3.72. The third-order valence-electron chi connectivity index (χ3n) is 2.88. The van der Waals surface area contributed by atoms with Crippen molar-refractivity contribution < 1.29 is 9.32 Å². The molecular weight excluding hydrogens is 302 g/mol. The highest BCUT2D eigenvalue weighted by atomic mass is 32.1. The van der Waals surface area contributed by atoms with E-state index in [1.54, 1.807) is 17.8 Å². The molecule has 22 heavy (non-hydrogen) atoms. The van der Waals surface area contributed by atoms with E-state index in [1.807, 2.05) is 19.1 Å². The van der Waals surface area contributed by atoms with Gasteiger partial charge in [-0.3, -0.25) is 9.78 Å². The number of hydrogen-bond acceptors (Lipinski definition) is 7. The van der Waals surface area contributed by atoms with Gasteiger partial charge < -0.3 is 9.84 Å². The van der Waals surface area contributed by atoms with Crippen molar-refractivity contribution in [3.05, 3.63) is 46.3 Å². The van der Waals surface area contributed by atoms with E-state index in [0.717, 1.165) is 5.56 Å². The Balaban J connectivity index is 1.66. The molecule has 8 heteroatoms. The lowest BCUT2D eigenvalue weighted by Gasteiger charge is -2.01. The van der Waals surface area contributed by atoms with Crippen molar-refractivity contribution in [1.29, 1.82) is 0 Å². The van der Waals surface area contributed by atoms with Crippen LogP contribution in [0.25, 0.3) is 11.6 Å². The van der Waals surface area contributed by atoms with Gasteiger partial charge in [0, 0.05) is 30.7 Å². The van der Waals surface area contributed by atoms with Gasteiger partial charge in [-0.2, -0.15) is 4.98 Å². The van der Waals surface area contributed by atoms with Crippen molar-refractivity contribution in [2.24, 2.45) is 0 Å². The summed E-state index contributed by atoms with van der Waals surface area (Å²) >= 11 is 1.24. The Morgan fingerprint density at radius 2 is 2.32 bits per heavy atom. The molecule has 1 amide bonds. The lowest BCUT2D eigenvalue weighted by Crippen LogP contribution is -2.22. The average molecular weight is 315 g/mol. The minimum Gasteiger partial charge on any atom is -0.346 e. The predicted octanol–water partition coefficient (Wildman–Crippen LogP) is 2.08. The van der Waals surface area contributed by atoms with Crippen LogP contribution in [0.2, 0.25) is 0 Å². The van der Waals surface area contributed by atoms with Gasteiger partial charge in [-0.1, -0.05) is 18.1 Å². The number of hydrogen-bond donors (Lipinski definition) is 1. The summed E-state index contributed by atoms with van der Waals surface area (Å²) in [5.41, 5.74) is 1.45. The normalized spacial score (nSPS) is 10.6. The first-order valence-electron chi connectivity index (χ1n) is 6.72. The molecule has 3 aromatic heterocycles. The van der Waals surface area contributed by atoms with Crippen molar-refractivity contribution in [1.82, 2.24) is 25.4 Å². The molecule has 0 fully saturated rings. The molecule has 0 radical (unpaired) electrons. The molecule has 0 saturated carbocycles. The lowest BCUT2D eigenvalue weighted by atomic mass is 10.3. The number of aromatic nitrogens is 4. The fourth-order valence-corrected chi connectivity index (χ4v) is 2.45. The van der Waals surface area contributed by atoms with E-state index in [0.29, 0.717) is 35.4 Å². The van der Waals surface area contributed by atoms with Gasteiger partial charge in [-0.15, -0.1) is 11.3 Å². The minimum absolute atomic E-state index is 0.240. The van der Waals surface area contributed by atoms with Crippen LogP contribution in [0.5, 0.6) is 0 Å². The van der Waals surface area contributed by atoms with Gasteiger partial charge in [0.1, 0.15) is 5.69 Å². The Kier molecular flexibility index (Phi) is 4.19. The number of nitrogens with one attached hydrogen (secondary N) is 1. The first-order valence-corrected chi connectivity index (χ1v) is 7.60. The van der Waals surface area contributed by atoms with Crippen LogP contribution in [-0.2, 0) is 13.0 Å². The van der Waals surface area contributed by atoms with Crippen molar-refractivity contribution >= 4 is 17.2 Å². The molecule has 7 nitrogen and oxygen atoms in total. The molecule has 0 aliphatic rings. The van der Waals surface area contributed by atoms with Crippen LogP contribution in [0.4, 0.5) is 0 Å². The molecule has 0 aliphatic carbocycles. The summed E-state index contributed by atoms with van der Waals surface area (Å²) < 4.78 is 5.11. The van der Waals surface area contributed by atoms with E-state index in [-0.39, 0.29) is 5.91 Å². The molecule has 0 aromatic carbocycles. The molecule has 0 spiro atoms. The zero-order valence-electron chi connectivity index (χ0n) is 11.8. The molecule has 3 rings (SSSR count). The Bertz CT molecular complexity index is 768. The third kappa shape index (κ3) is 3.17. The van der Waals surface area contributed by atoms with Gasteiger partial charge in [0.15, 0.2) is 10.8 Å². The molecule has 0 aliphatic heterocycles. The first-order chi connectivity index (χ1) is 10.8. The topological polar surface area (TPSA) is 93.8 Å². The van der Waals surface area contributed by atoms with E-state index < -0.39 is 0 Å². The van der Waals surface area contributed by atoms with Gasteiger partial charge in [0.25, 0.3) is 11.8 Å². The second kappa shape index (κ2) is 6.44. The van der Waals surface area contributed by atoms with Gasteiger partial charge in [-0.05, 0) is 11.6 Å². The Morgan fingerprint density at radius 3 is 3.05 bits per heavy atom. The lowest BCUT2D eigenvalue weighted by molar-refractivity contribution is 0.0950. The Labute approximate surface area is 130 Å². The number of thiazole rings is 1. The monoisotopic (exact) mass is 315 g/mol. The molecule has 112 valence electrons. The smallest absolute Gasteiger partial charge is 0.280 e. The van der Waals surface area contributed by atoms with Crippen LogP contribution in [0.3, 0.4) is 0 Å². The highest BCUT2D eigenvalue weighted by Gasteiger charge is 2.15. The van der Waals surface area contributed by atoms with Crippen LogP contribution >= 0.6 is 11.3 Å². The maximum atomic E-state index is 12.1. The zero-order chi connectivity index (χ0) is 15.4. The Morgan fingerprint density at radius 1 is 1.41 bits per heavy atom. The van der Waals surface area contributed by atoms with Crippen molar-refractivity contribution in [2.45, 2.75) is 19.9 Å². The van der Waals surface area contributed by atoms with Crippen LogP contribution in [-0.4, -0.2) is 26.0 Å². The molecule has 3 heterocycles. The number of amides is 1. The maximum Gasteiger partial charge on any atom is 0.280 e. The van der Waals surface area contributed by atoms with Crippen LogP contribution < -0.4 is 5.32 Å². The molecule has 0 bridgehead atoms. The maximum absolute atomic E-state index is 12.1. The number of carbonyl (C=O) groups excluding carboxylic acids is 1. The molecule has 3 aromatic rings. The standard InChI is InChI=1S/C14H13N5O2S/c1-2-11-18-13(21-19-11)10-8-22-14(17-10)12(20)16-7-9-4-3-5-15-6-9/h3-6,8H,2,7H2,1H3,(H,16,20). The SMILES string of the molecule is CCc1noc(-c2csc(C(=O)NCc3cccnc3)n2)n1. The van der Waals surface area contributed by atoms with Gasteiger partial charge in [0.2, 0.25) is 0 Å². The molecule has 0 atom stereocenters. The van der Waals surface area contributed by atoms with Crippen molar-refractivity contribution in [3.63, 3.8) is 0 Å². The summed E-state index contributed by atoms with van der Waals surface area (Å²) in [6.45, 7) is 2.34. The van der Waals surface area contributed by atoms with E-state index >= 15 is 0 Å². The zero-order valence-corrected chi connectivity index (χ0v) is 12.6. The van der Waals surface area contributed by atoms with Crippen LogP contribution in [0.15, 0.2) is 34.4 Å². The van der Waals surface area contributed by atoms with Crippen molar-refractivity contribution in [3.8, 4) is 11.6 Å². The fraction of sp³-hybridized carbons (Fsp3) is 0.214. The summed E-state index contributed by atoms with van der Waals surface area (Å²) in [7, 11) is 0. The highest BCUT2D eigenvalue weighted by Crippen LogP contribution is 2.20. The summed E-state index contributed by atoms with van der Waals surface area (Å²) in [4.78, 5) is 24.5. The first kappa shape index (κ1) is 14.3. The number of nitrogens with zero attached hydrogens (tertiary/aromatic N) is 4. The second-order valence-corrected chi connectivity index (χ2v) is 5.31. The van der Waals surface area contributed by atoms with E-state index in [4.69, 9.17) is 4.52 Å². The summed E-state index contributed by atoms with van der Waals surface area (Å²) in [5.74, 6) is 0.709. The number of aryl methyl sites for hydroxylation is 1. The minimum atomic E-state index is -0.240. The number of rotatable bonds is 5. The van der Waals surface area contributed by atoms with Gasteiger partial charge in [-0.25, -0.2) is 4.98 Å². The number of pyridine rings is 1. The highest BCUT2D eigenvalue weighted by molar-refractivity contribution is 7.12. The molecule has 0 unspecified atom stereocenters. The molecule has 0 saturated heterocycles. The van der Waals surface area contributed by atoms with Crippen molar-refractivity contribution in [2.75, 3.05) is 0 Å². The van der Waals surface area contributed by atoms with E-state index in [1.165, 1.54) is 11.3 Å². The van der Waals surface area contributed by atoms with E-state index in [9.17, 15) is 4.79 Å². The summed E-state index contributed by atoms with van der Waals surface area (Å²) in [5, 5.41) is 8.70. The van der Waals surface area contributed by atoms with E-state index in [2.05, 4.69) is 25.4 Å². The fourth-order valence-electron chi connectivity index (χ4n) is 1.74. The summed E-state index contributed by atoms with van der Waals surface area (Å²) in [6.07, 6.45) is 4.08.